The standard InChI is InChI=1S/C19H24N6S/c1-13-8-20-19(24-13)17-7-16(21-11-22-17)6-15-4-3-5-25(9-15)10-18-14(2)23-12-26-18/h7-8,11-12,15H,3-6,9-10H2,1-2H3,(H,20,24). The molecule has 0 saturated carbocycles. The average molecular weight is 369 g/mol. The Morgan fingerprint density at radius 2 is 2.15 bits per heavy atom. The Hall–Kier alpha value is -2.12. The maximum absolute atomic E-state index is 4.50. The van der Waals surface area contributed by atoms with E-state index in [1.807, 2.05) is 18.6 Å². The van der Waals surface area contributed by atoms with Gasteiger partial charge in [0, 0.05) is 35.6 Å². The van der Waals surface area contributed by atoms with Crippen LogP contribution in [0.5, 0.6) is 0 Å². The van der Waals surface area contributed by atoms with E-state index in [1.54, 1.807) is 17.7 Å². The highest BCUT2D eigenvalue weighted by molar-refractivity contribution is 7.09. The Balaban J connectivity index is 1.41. The number of piperidine rings is 1. The zero-order valence-corrected chi connectivity index (χ0v) is 16.1. The predicted molar refractivity (Wildman–Crippen MR) is 103 cm³/mol. The van der Waals surface area contributed by atoms with Crippen molar-refractivity contribution in [1.82, 2.24) is 29.8 Å². The molecule has 1 unspecified atom stereocenters. The Morgan fingerprint density at radius 3 is 2.92 bits per heavy atom. The largest absolute Gasteiger partial charge is 0.341 e. The molecule has 1 saturated heterocycles. The molecule has 0 bridgehead atoms. The Morgan fingerprint density at radius 1 is 1.23 bits per heavy atom. The molecule has 0 aromatic carbocycles. The molecule has 4 heterocycles. The van der Waals surface area contributed by atoms with Crippen LogP contribution in [-0.4, -0.2) is 42.9 Å². The van der Waals surface area contributed by atoms with Crippen molar-refractivity contribution in [3.8, 4) is 11.5 Å². The van der Waals surface area contributed by atoms with E-state index in [-0.39, 0.29) is 0 Å². The van der Waals surface area contributed by atoms with Gasteiger partial charge in [-0.15, -0.1) is 11.3 Å². The number of hydrogen-bond acceptors (Lipinski definition) is 6. The summed E-state index contributed by atoms with van der Waals surface area (Å²) in [6.45, 7) is 7.42. The second-order valence-corrected chi connectivity index (χ2v) is 8.06. The van der Waals surface area contributed by atoms with Gasteiger partial charge < -0.3 is 4.98 Å². The first-order chi connectivity index (χ1) is 12.7. The van der Waals surface area contributed by atoms with Crippen LogP contribution in [0.25, 0.3) is 11.5 Å². The topological polar surface area (TPSA) is 70.6 Å². The van der Waals surface area contributed by atoms with E-state index in [4.69, 9.17) is 0 Å². The van der Waals surface area contributed by atoms with E-state index in [9.17, 15) is 0 Å². The lowest BCUT2D eigenvalue weighted by molar-refractivity contribution is 0.167. The van der Waals surface area contributed by atoms with Crippen molar-refractivity contribution in [1.29, 1.82) is 0 Å². The average Bonchev–Trinajstić information content (AvgIpc) is 3.24. The fraction of sp³-hybridized carbons (Fsp3) is 0.474. The Bertz CT molecular complexity index is 870. The first kappa shape index (κ1) is 17.3. The van der Waals surface area contributed by atoms with Crippen LogP contribution in [0.3, 0.4) is 0 Å². The van der Waals surface area contributed by atoms with Gasteiger partial charge in [-0.3, -0.25) is 4.90 Å². The minimum Gasteiger partial charge on any atom is -0.341 e. The molecule has 0 radical (unpaired) electrons. The molecule has 3 aromatic rings. The quantitative estimate of drug-likeness (QED) is 0.747. The highest BCUT2D eigenvalue weighted by atomic mass is 32.1. The van der Waals surface area contributed by atoms with Crippen molar-refractivity contribution >= 4 is 11.3 Å². The number of hydrogen-bond donors (Lipinski definition) is 1. The molecule has 0 amide bonds. The van der Waals surface area contributed by atoms with Crippen molar-refractivity contribution in [2.75, 3.05) is 13.1 Å². The number of aryl methyl sites for hydroxylation is 2. The maximum atomic E-state index is 4.50. The third-order valence-corrected chi connectivity index (χ3v) is 5.90. The van der Waals surface area contributed by atoms with Crippen molar-refractivity contribution < 1.29 is 0 Å². The highest BCUT2D eigenvalue weighted by Crippen LogP contribution is 2.24. The molecule has 1 aliphatic heterocycles. The minimum atomic E-state index is 0.637. The van der Waals surface area contributed by atoms with Gasteiger partial charge in [0.15, 0.2) is 5.82 Å². The summed E-state index contributed by atoms with van der Waals surface area (Å²) in [5.74, 6) is 1.45. The molecular formula is C19H24N6S. The van der Waals surface area contributed by atoms with Crippen LogP contribution in [0, 0.1) is 19.8 Å². The molecule has 0 aliphatic carbocycles. The molecule has 26 heavy (non-hydrogen) atoms. The lowest BCUT2D eigenvalue weighted by Crippen LogP contribution is -2.35. The minimum absolute atomic E-state index is 0.637. The van der Waals surface area contributed by atoms with E-state index >= 15 is 0 Å². The van der Waals surface area contributed by atoms with Gasteiger partial charge in [0.05, 0.1) is 11.2 Å². The van der Waals surface area contributed by atoms with E-state index < -0.39 is 0 Å². The first-order valence-corrected chi connectivity index (χ1v) is 9.99. The molecule has 7 heteroatoms. The molecule has 1 N–H and O–H groups in total. The third kappa shape index (κ3) is 3.99. The number of aromatic nitrogens is 5. The summed E-state index contributed by atoms with van der Waals surface area (Å²) in [5.41, 5.74) is 6.14. The van der Waals surface area contributed by atoms with E-state index in [1.165, 1.54) is 30.0 Å². The van der Waals surface area contributed by atoms with Crippen LogP contribution in [0.15, 0.2) is 24.1 Å². The highest BCUT2D eigenvalue weighted by Gasteiger charge is 2.22. The molecule has 6 nitrogen and oxygen atoms in total. The molecule has 1 fully saturated rings. The number of nitrogens with zero attached hydrogens (tertiary/aromatic N) is 5. The second kappa shape index (κ2) is 7.63. The number of likely N-dealkylation sites (tertiary alicyclic amines) is 1. The fourth-order valence-corrected chi connectivity index (χ4v) is 4.44. The fourth-order valence-electron chi connectivity index (χ4n) is 3.62. The molecule has 136 valence electrons. The monoisotopic (exact) mass is 368 g/mol. The second-order valence-electron chi connectivity index (χ2n) is 7.12. The van der Waals surface area contributed by atoms with Gasteiger partial charge in [-0.05, 0) is 51.6 Å². The number of imidazole rings is 1. The van der Waals surface area contributed by atoms with Gasteiger partial charge in [-0.2, -0.15) is 0 Å². The van der Waals surface area contributed by atoms with Gasteiger partial charge in [-0.25, -0.2) is 19.9 Å². The Labute approximate surface area is 157 Å². The SMILES string of the molecule is Cc1cnc(-c2cc(CC3CCCN(Cc4scnc4C)C3)ncn2)[nH]1. The molecule has 1 aliphatic rings. The van der Waals surface area contributed by atoms with Crippen LogP contribution < -0.4 is 0 Å². The van der Waals surface area contributed by atoms with E-state index in [0.29, 0.717) is 5.92 Å². The molecule has 1 atom stereocenters. The summed E-state index contributed by atoms with van der Waals surface area (Å²) in [6.07, 6.45) is 6.99. The van der Waals surface area contributed by atoms with Gasteiger partial charge in [0.1, 0.15) is 12.0 Å². The number of rotatable bonds is 5. The van der Waals surface area contributed by atoms with Crippen molar-refractivity contribution in [2.45, 2.75) is 39.7 Å². The van der Waals surface area contributed by atoms with Gasteiger partial charge >= 0.3 is 0 Å². The zero-order valence-electron chi connectivity index (χ0n) is 15.3. The maximum Gasteiger partial charge on any atom is 0.156 e. The molecule has 0 spiro atoms. The van der Waals surface area contributed by atoms with E-state index in [2.05, 4.69) is 42.8 Å². The molecular weight excluding hydrogens is 344 g/mol. The first-order valence-electron chi connectivity index (χ1n) is 9.11. The van der Waals surface area contributed by atoms with Gasteiger partial charge in [-0.1, -0.05) is 0 Å². The van der Waals surface area contributed by atoms with Crippen LogP contribution >= 0.6 is 11.3 Å². The molecule has 4 rings (SSSR count). The normalized spacial score (nSPS) is 18.3. The lowest BCUT2D eigenvalue weighted by atomic mass is 9.93. The lowest BCUT2D eigenvalue weighted by Gasteiger charge is -2.32. The third-order valence-electron chi connectivity index (χ3n) is 4.98. The smallest absolute Gasteiger partial charge is 0.156 e. The molecule has 3 aromatic heterocycles. The number of thiazole rings is 1. The van der Waals surface area contributed by atoms with Gasteiger partial charge in [0.2, 0.25) is 0 Å². The predicted octanol–water partition coefficient (Wildman–Crippen LogP) is 3.39. The number of H-pyrrole nitrogens is 1. The van der Waals surface area contributed by atoms with Crippen LogP contribution in [0.4, 0.5) is 0 Å². The van der Waals surface area contributed by atoms with Crippen molar-refractivity contribution in [2.24, 2.45) is 5.92 Å². The number of nitrogens with one attached hydrogen (secondary N) is 1. The van der Waals surface area contributed by atoms with Crippen LogP contribution in [-0.2, 0) is 13.0 Å². The summed E-state index contributed by atoms with van der Waals surface area (Å²) in [5, 5.41) is 0. The summed E-state index contributed by atoms with van der Waals surface area (Å²) < 4.78 is 0. The van der Waals surface area contributed by atoms with Crippen molar-refractivity contribution in [3.63, 3.8) is 0 Å². The van der Waals surface area contributed by atoms with Crippen LogP contribution in [0.1, 0.15) is 34.8 Å². The van der Waals surface area contributed by atoms with Crippen LogP contribution in [0.2, 0.25) is 0 Å². The number of aromatic amines is 1. The summed E-state index contributed by atoms with van der Waals surface area (Å²) in [6, 6.07) is 2.07. The van der Waals surface area contributed by atoms with Gasteiger partial charge in [0.25, 0.3) is 0 Å². The summed E-state index contributed by atoms with van der Waals surface area (Å²) >= 11 is 1.77. The van der Waals surface area contributed by atoms with E-state index in [0.717, 1.165) is 42.4 Å². The summed E-state index contributed by atoms with van der Waals surface area (Å²) in [4.78, 5) is 24.8. The Kier molecular flexibility index (Phi) is 5.08. The van der Waals surface area contributed by atoms with Crippen molar-refractivity contribution in [3.05, 3.63) is 46.1 Å². The summed E-state index contributed by atoms with van der Waals surface area (Å²) in [7, 11) is 0. The zero-order chi connectivity index (χ0) is 17.9.